The van der Waals surface area contributed by atoms with Crippen molar-refractivity contribution in [2.45, 2.75) is 18.7 Å². The molecule has 0 fully saturated rings. The van der Waals surface area contributed by atoms with E-state index in [2.05, 4.69) is 42.5 Å². The highest BCUT2D eigenvalue weighted by molar-refractivity contribution is 7.98. The van der Waals surface area contributed by atoms with Crippen LogP contribution in [0.4, 0.5) is 0 Å². The molecule has 0 aliphatic rings. The molecule has 0 bridgehead atoms. The Kier molecular flexibility index (Phi) is 6.80. The second-order valence-electron chi connectivity index (χ2n) is 4.96. The van der Waals surface area contributed by atoms with E-state index in [0.29, 0.717) is 6.54 Å². The van der Waals surface area contributed by atoms with E-state index in [4.69, 9.17) is 10.5 Å². The first-order chi connectivity index (χ1) is 10.3. The van der Waals surface area contributed by atoms with Gasteiger partial charge in [0.1, 0.15) is 0 Å². The van der Waals surface area contributed by atoms with Crippen LogP contribution in [0.15, 0.2) is 48.5 Å². The number of benzene rings is 2. The van der Waals surface area contributed by atoms with Gasteiger partial charge in [0, 0.05) is 26.0 Å². The van der Waals surface area contributed by atoms with Crippen LogP contribution in [0, 0.1) is 0 Å². The Hall–Kier alpha value is -1.29. The molecule has 0 unspecified atom stereocenters. The number of hydrogen-bond acceptors (Lipinski definition) is 3. The second-order valence-corrected chi connectivity index (χ2v) is 6.06. The first-order valence-corrected chi connectivity index (χ1v) is 8.44. The normalized spacial score (nSPS) is 10.8. The Morgan fingerprint density at radius 3 is 2.52 bits per heavy atom. The summed E-state index contributed by atoms with van der Waals surface area (Å²) in [5.41, 5.74) is 10.8. The topological polar surface area (TPSA) is 35.2 Å². The number of rotatable bonds is 8. The summed E-state index contributed by atoms with van der Waals surface area (Å²) in [5, 5.41) is 0. The summed E-state index contributed by atoms with van der Waals surface area (Å²) in [6, 6.07) is 17.1. The first kappa shape index (κ1) is 16.1. The molecular formula is C18H23NOS. The fourth-order valence-electron chi connectivity index (χ4n) is 2.26. The fraction of sp³-hybridized carbons (Fsp3) is 0.333. The van der Waals surface area contributed by atoms with Crippen molar-refractivity contribution in [3.05, 3.63) is 59.7 Å². The van der Waals surface area contributed by atoms with Gasteiger partial charge in [-0.2, -0.15) is 11.8 Å². The predicted molar refractivity (Wildman–Crippen MR) is 92.4 cm³/mol. The lowest BCUT2D eigenvalue weighted by Crippen LogP contribution is -1.98. The maximum absolute atomic E-state index is 5.81. The zero-order chi connectivity index (χ0) is 14.9. The minimum Gasteiger partial charge on any atom is -0.385 e. The SMILES string of the molecule is COCCCSCc1ccc(-c2ccccc2CN)cc1. The summed E-state index contributed by atoms with van der Waals surface area (Å²) in [7, 11) is 1.75. The van der Waals surface area contributed by atoms with Gasteiger partial charge in [-0.3, -0.25) is 0 Å². The van der Waals surface area contributed by atoms with Crippen LogP contribution in [0.2, 0.25) is 0 Å². The molecular weight excluding hydrogens is 278 g/mol. The molecule has 0 aliphatic carbocycles. The van der Waals surface area contributed by atoms with Crippen molar-refractivity contribution < 1.29 is 4.74 Å². The van der Waals surface area contributed by atoms with E-state index in [-0.39, 0.29) is 0 Å². The molecule has 0 amide bonds. The molecule has 0 spiro atoms. The number of methoxy groups -OCH3 is 1. The zero-order valence-electron chi connectivity index (χ0n) is 12.5. The van der Waals surface area contributed by atoms with Gasteiger partial charge in [0.25, 0.3) is 0 Å². The minimum absolute atomic E-state index is 0.577. The monoisotopic (exact) mass is 301 g/mol. The van der Waals surface area contributed by atoms with Crippen LogP contribution >= 0.6 is 11.8 Å². The van der Waals surface area contributed by atoms with Crippen LogP contribution < -0.4 is 5.73 Å². The van der Waals surface area contributed by atoms with Gasteiger partial charge in [0.05, 0.1) is 0 Å². The predicted octanol–water partition coefficient (Wildman–Crippen LogP) is 4.08. The van der Waals surface area contributed by atoms with Crippen LogP contribution in [0.3, 0.4) is 0 Å². The summed E-state index contributed by atoms with van der Waals surface area (Å²) >= 11 is 1.96. The van der Waals surface area contributed by atoms with Crippen molar-refractivity contribution in [2.75, 3.05) is 19.5 Å². The molecule has 0 radical (unpaired) electrons. The Bertz CT molecular complexity index is 539. The molecule has 0 saturated heterocycles. The van der Waals surface area contributed by atoms with Gasteiger partial charge in [0.2, 0.25) is 0 Å². The maximum Gasteiger partial charge on any atom is 0.0470 e. The standard InChI is InChI=1S/C18H23NOS/c1-20-11-4-12-21-14-15-7-9-16(10-8-15)18-6-3-2-5-17(18)13-19/h2-3,5-10H,4,11-14,19H2,1H3. The van der Waals surface area contributed by atoms with Crippen molar-refractivity contribution in [1.82, 2.24) is 0 Å². The summed E-state index contributed by atoms with van der Waals surface area (Å²) in [4.78, 5) is 0. The molecule has 112 valence electrons. The Morgan fingerprint density at radius 1 is 1.05 bits per heavy atom. The minimum atomic E-state index is 0.577. The van der Waals surface area contributed by atoms with E-state index < -0.39 is 0 Å². The Labute approximate surface area is 131 Å². The molecule has 2 rings (SSSR count). The van der Waals surface area contributed by atoms with Gasteiger partial charge in [-0.05, 0) is 34.4 Å². The lowest BCUT2D eigenvalue weighted by Gasteiger charge is -2.09. The average molecular weight is 301 g/mol. The third kappa shape index (κ3) is 4.88. The third-order valence-electron chi connectivity index (χ3n) is 3.41. The smallest absolute Gasteiger partial charge is 0.0470 e. The second kappa shape index (κ2) is 8.88. The molecule has 0 heterocycles. The van der Waals surface area contributed by atoms with Gasteiger partial charge in [-0.15, -0.1) is 0 Å². The molecule has 2 N–H and O–H groups in total. The molecule has 0 aromatic heterocycles. The largest absolute Gasteiger partial charge is 0.385 e. The van der Waals surface area contributed by atoms with Crippen LogP contribution in [-0.2, 0) is 17.0 Å². The number of thioether (sulfide) groups is 1. The summed E-state index contributed by atoms with van der Waals surface area (Å²) in [5.74, 6) is 2.20. The highest BCUT2D eigenvalue weighted by Gasteiger charge is 2.03. The molecule has 0 atom stereocenters. The van der Waals surface area contributed by atoms with E-state index >= 15 is 0 Å². The third-order valence-corrected chi connectivity index (χ3v) is 4.52. The number of nitrogens with two attached hydrogens (primary N) is 1. The van der Waals surface area contributed by atoms with E-state index in [1.807, 2.05) is 17.8 Å². The van der Waals surface area contributed by atoms with E-state index in [1.165, 1.54) is 22.3 Å². The molecule has 2 nitrogen and oxygen atoms in total. The molecule has 0 saturated carbocycles. The zero-order valence-corrected chi connectivity index (χ0v) is 13.4. The maximum atomic E-state index is 5.81. The first-order valence-electron chi connectivity index (χ1n) is 7.29. The summed E-state index contributed by atoms with van der Waals surface area (Å²) < 4.78 is 5.06. The summed E-state index contributed by atoms with van der Waals surface area (Å²) in [6.45, 7) is 1.43. The Morgan fingerprint density at radius 2 is 1.81 bits per heavy atom. The van der Waals surface area contributed by atoms with Gasteiger partial charge in [-0.1, -0.05) is 48.5 Å². The van der Waals surface area contributed by atoms with Crippen molar-refractivity contribution in [1.29, 1.82) is 0 Å². The van der Waals surface area contributed by atoms with Crippen molar-refractivity contribution in [3.8, 4) is 11.1 Å². The number of ether oxygens (including phenoxy) is 1. The molecule has 21 heavy (non-hydrogen) atoms. The van der Waals surface area contributed by atoms with Crippen LogP contribution in [0.5, 0.6) is 0 Å². The Balaban J connectivity index is 1.95. The van der Waals surface area contributed by atoms with Crippen LogP contribution in [0.25, 0.3) is 11.1 Å². The van der Waals surface area contributed by atoms with Gasteiger partial charge < -0.3 is 10.5 Å². The molecule has 3 heteroatoms. The lowest BCUT2D eigenvalue weighted by atomic mass is 9.99. The van der Waals surface area contributed by atoms with E-state index in [1.54, 1.807) is 7.11 Å². The highest BCUT2D eigenvalue weighted by Crippen LogP contribution is 2.24. The fourth-order valence-corrected chi connectivity index (χ4v) is 3.15. The van der Waals surface area contributed by atoms with Crippen molar-refractivity contribution in [3.63, 3.8) is 0 Å². The van der Waals surface area contributed by atoms with Crippen LogP contribution in [-0.4, -0.2) is 19.5 Å². The molecule has 2 aromatic rings. The lowest BCUT2D eigenvalue weighted by molar-refractivity contribution is 0.200. The van der Waals surface area contributed by atoms with E-state index in [0.717, 1.165) is 24.5 Å². The van der Waals surface area contributed by atoms with Gasteiger partial charge >= 0.3 is 0 Å². The van der Waals surface area contributed by atoms with Crippen molar-refractivity contribution >= 4 is 11.8 Å². The van der Waals surface area contributed by atoms with E-state index in [9.17, 15) is 0 Å². The van der Waals surface area contributed by atoms with Gasteiger partial charge in [0.15, 0.2) is 0 Å². The molecule has 0 aliphatic heterocycles. The quantitative estimate of drug-likeness (QED) is 0.746. The molecule has 2 aromatic carbocycles. The van der Waals surface area contributed by atoms with Crippen LogP contribution in [0.1, 0.15) is 17.5 Å². The summed E-state index contributed by atoms with van der Waals surface area (Å²) in [6.07, 6.45) is 1.11. The van der Waals surface area contributed by atoms with Crippen molar-refractivity contribution in [2.24, 2.45) is 5.73 Å². The number of hydrogen-bond donors (Lipinski definition) is 1. The highest BCUT2D eigenvalue weighted by atomic mass is 32.2. The average Bonchev–Trinajstić information content (AvgIpc) is 2.55. The van der Waals surface area contributed by atoms with Gasteiger partial charge in [-0.25, -0.2) is 0 Å².